The first-order valence-corrected chi connectivity index (χ1v) is 6.41. The maximum absolute atomic E-state index is 12.9. The first-order valence-electron chi connectivity index (χ1n) is 6.41. The van der Waals surface area contributed by atoms with Gasteiger partial charge in [0.2, 0.25) is 0 Å². The molecule has 3 rings (SSSR count). The molecule has 5 nitrogen and oxygen atoms in total. The number of nitrogens with zero attached hydrogens (tertiary/aromatic N) is 4. The Labute approximate surface area is 120 Å². The average molecular weight is 284 g/mol. The van der Waals surface area contributed by atoms with E-state index < -0.39 is 0 Å². The van der Waals surface area contributed by atoms with Gasteiger partial charge in [-0.05, 0) is 50.2 Å². The van der Waals surface area contributed by atoms with Gasteiger partial charge in [-0.15, -0.1) is 10.2 Å². The zero-order valence-corrected chi connectivity index (χ0v) is 11.6. The molecule has 3 aromatic rings. The summed E-state index contributed by atoms with van der Waals surface area (Å²) in [6, 6.07) is 9.59. The second kappa shape index (κ2) is 4.97. The summed E-state index contributed by atoms with van der Waals surface area (Å²) in [5.41, 5.74) is 2.57. The number of hydrogen-bond acceptors (Lipinski definition) is 4. The van der Waals surface area contributed by atoms with E-state index in [1.54, 1.807) is 38.1 Å². The maximum atomic E-state index is 12.9. The Morgan fingerprint density at radius 3 is 2.24 bits per heavy atom. The number of rotatable bonds is 2. The second-order valence-electron chi connectivity index (χ2n) is 4.71. The van der Waals surface area contributed by atoms with Gasteiger partial charge in [-0.25, -0.2) is 9.07 Å². The minimum absolute atomic E-state index is 0.152. The van der Waals surface area contributed by atoms with E-state index in [0.717, 1.165) is 5.56 Å². The molecule has 0 spiro atoms. The van der Waals surface area contributed by atoms with Gasteiger partial charge in [0.1, 0.15) is 11.5 Å². The Morgan fingerprint density at radius 1 is 1.00 bits per heavy atom. The lowest BCUT2D eigenvalue weighted by Crippen LogP contribution is -2.03. The molecule has 0 aliphatic carbocycles. The van der Waals surface area contributed by atoms with Gasteiger partial charge in [-0.1, -0.05) is 0 Å². The molecule has 21 heavy (non-hydrogen) atoms. The quantitative estimate of drug-likeness (QED) is 0.786. The molecule has 0 bridgehead atoms. The van der Waals surface area contributed by atoms with Crippen molar-refractivity contribution >= 4 is 0 Å². The molecular weight excluding hydrogens is 271 g/mol. The van der Waals surface area contributed by atoms with E-state index in [0.29, 0.717) is 22.9 Å². The third-order valence-electron chi connectivity index (χ3n) is 3.26. The van der Waals surface area contributed by atoms with Crippen LogP contribution in [0.25, 0.3) is 17.1 Å². The smallest absolute Gasteiger partial charge is 0.176 e. The van der Waals surface area contributed by atoms with Crippen molar-refractivity contribution in [2.45, 2.75) is 13.8 Å². The summed E-state index contributed by atoms with van der Waals surface area (Å²) >= 11 is 0. The molecule has 6 heteroatoms. The van der Waals surface area contributed by atoms with Gasteiger partial charge in [0.05, 0.1) is 11.4 Å². The number of halogens is 1. The lowest BCUT2D eigenvalue weighted by atomic mass is 10.1. The van der Waals surface area contributed by atoms with Crippen LogP contribution in [-0.4, -0.2) is 25.1 Å². The fourth-order valence-corrected chi connectivity index (χ4v) is 2.07. The van der Waals surface area contributed by atoms with Gasteiger partial charge in [0.15, 0.2) is 11.6 Å². The normalized spacial score (nSPS) is 10.8. The number of aromatic nitrogens is 4. The molecule has 2 heterocycles. The van der Waals surface area contributed by atoms with Crippen molar-refractivity contribution in [2.24, 2.45) is 0 Å². The van der Waals surface area contributed by atoms with Crippen LogP contribution in [-0.2, 0) is 0 Å². The van der Waals surface area contributed by atoms with Crippen molar-refractivity contribution in [3.05, 3.63) is 53.6 Å². The topological polar surface area (TPSA) is 63.8 Å². The molecule has 106 valence electrons. The van der Waals surface area contributed by atoms with Crippen molar-refractivity contribution < 1.29 is 9.50 Å². The summed E-state index contributed by atoms with van der Waals surface area (Å²) in [5.74, 6) is 0.377. The molecule has 2 aromatic heterocycles. The van der Waals surface area contributed by atoms with Crippen LogP contribution in [0.15, 0.2) is 36.4 Å². The minimum Gasteiger partial charge on any atom is -0.504 e. The monoisotopic (exact) mass is 284 g/mol. The van der Waals surface area contributed by atoms with Crippen molar-refractivity contribution in [3.8, 4) is 22.8 Å². The van der Waals surface area contributed by atoms with Gasteiger partial charge in [-0.3, -0.25) is 0 Å². The zero-order valence-electron chi connectivity index (χ0n) is 11.6. The highest BCUT2D eigenvalue weighted by atomic mass is 19.1. The summed E-state index contributed by atoms with van der Waals surface area (Å²) in [4.78, 5) is 0. The predicted molar refractivity (Wildman–Crippen MR) is 75.7 cm³/mol. The summed E-state index contributed by atoms with van der Waals surface area (Å²) in [6.45, 7) is 3.48. The minimum atomic E-state index is -0.290. The van der Waals surface area contributed by atoms with Gasteiger partial charge < -0.3 is 5.11 Å². The van der Waals surface area contributed by atoms with E-state index in [-0.39, 0.29) is 11.6 Å². The second-order valence-corrected chi connectivity index (χ2v) is 4.71. The number of hydrogen-bond donors (Lipinski definition) is 1. The van der Waals surface area contributed by atoms with Crippen molar-refractivity contribution in [3.63, 3.8) is 0 Å². The third-order valence-corrected chi connectivity index (χ3v) is 3.26. The summed E-state index contributed by atoms with van der Waals surface area (Å²) < 4.78 is 14.4. The van der Waals surface area contributed by atoms with Gasteiger partial charge in [0.25, 0.3) is 0 Å². The molecule has 0 saturated carbocycles. The van der Waals surface area contributed by atoms with Crippen molar-refractivity contribution in [1.29, 1.82) is 0 Å². The lowest BCUT2D eigenvalue weighted by Gasteiger charge is -2.04. The fraction of sp³-hybridized carbons (Fsp3) is 0.133. The standard InChI is InChI=1S/C15H13FN4O/c1-9-15(21)10(2)20(19-9)14-8-7-13(17-18-14)11-3-5-12(16)6-4-11/h3-8,21H,1-2H3. The van der Waals surface area contributed by atoms with E-state index in [2.05, 4.69) is 15.3 Å². The summed E-state index contributed by atoms with van der Waals surface area (Å²) in [5, 5.41) is 22.2. The Hall–Kier alpha value is -2.76. The molecular formula is C15H13FN4O. The predicted octanol–water partition coefficient (Wildman–Crippen LogP) is 2.79. The van der Waals surface area contributed by atoms with Crippen LogP contribution in [0.3, 0.4) is 0 Å². The molecule has 0 radical (unpaired) electrons. The molecule has 0 unspecified atom stereocenters. The fourth-order valence-electron chi connectivity index (χ4n) is 2.07. The molecule has 0 saturated heterocycles. The first kappa shape index (κ1) is 13.2. The number of aromatic hydroxyl groups is 1. The molecule has 1 aromatic carbocycles. The summed E-state index contributed by atoms with van der Waals surface area (Å²) in [7, 11) is 0. The largest absolute Gasteiger partial charge is 0.504 e. The van der Waals surface area contributed by atoms with Crippen LogP contribution in [0.5, 0.6) is 5.75 Å². The van der Waals surface area contributed by atoms with E-state index >= 15 is 0 Å². The zero-order chi connectivity index (χ0) is 15.0. The highest BCUT2D eigenvalue weighted by molar-refractivity contribution is 5.58. The summed E-state index contributed by atoms with van der Waals surface area (Å²) in [6.07, 6.45) is 0. The van der Waals surface area contributed by atoms with Gasteiger partial charge in [0, 0.05) is 5.56 Å². The maximum Gasteiger partial charge on any atom is 0.176 e. The molecule has 0 amide bonds. The Balaban J connectivity index is 1.97. The highest BCUT2D eigenvalue weighted by Crippen LogP contribution is 2.23. The van der Waals surface area contributed by atoms with Crippen LogP contribution >= 0.6 is 0 Å². The lowest BCUT2D eigenvalue weighted by molar-refractivity contribution is 0.466. The van der Waals surface area contributed by atoms with E-state index in [1.165, 1.54) is 16.8 Å². The SMILES string of the molecule is Cc1nn(-c2ccc(-c3ccc(F)cc3)nn2)c(C)c1O. The number of aryl methyl sites for hydroxylation is 1. The number of benzene rings is 1. The van der Waals surface area contributed by atoms with Crippen LogP contribution in [0.1, 0.15) is 11.4 Å². The van der Waals surface area contributed by atoms with Gasteiger partial charge >= 0.3 is 0 Å². The Bertz CT molecular complexity index is 779. The van der Waals surface area contributed by atoms with Crippen molar-refractivity contribution in [2.75, 3.05) is 0 Å². The molecule has 0 atom stereocenters. The molecule has 1 N–H and O–H groups in total. The van der Waals surface area contributed by atoms with Crippen LogP contribution < -0.4 is 0 Å². The van der Waals surface area contributed by atoms with Crippen LogP contribution in [0.2, 0.25) is 0 Å². The Morgan fingerprint density at radius 2 is 1.71 bits per heavy atom. The molecule has 0 aliphatic rings. The van der Waals surface area contributed by atoms with E-state index in [4.69, 9.17) is 0 Å². The van der Waals surface area contributed by atoms with Crippen LogP contribution in [0.4, 0.5) is 4.39 Å². The third kappa shape index (κ3) is 2.35. The van der Waals surface area contributed by atoms with Crippen molar-refractivity contribution in [1.82, 2.24) is 20.0 Å². The Kier molecular flexibility index (Phi) is 3.13. The molecule has 0 fully saturated rings. The van der Waals surface area contributed by atoms with E-state index in [9.17, 15) is 9.50 Å². The first-order chi connectivity index (χ1) is 10.1. The average Bonchev–Trinajstić information content (AvgIpc) is 2.76. The van der Waals surface area contributed by atoms with Crippen LogP contribution in [0, 0.1) is 19.7 Å². The highest BCUT2D eigenvalue weighted by Gasteiger charge is 2.12. The van der Waals surface area contributed by atoms with Gasteiger partial charge in [-0.2, -0.15) is 5.10 Å². The van der Waals surface area contributed by atoms with E-state index in [1.807, 2.05) is 0 Å². The molecule has 0 aliphatic heterocycles.